The summed E-state index contributed by atoms with van der Waals surface area (Å²) >= 11 is 5.96. The number of terminal acetylenes is 1. The van der Waals surface area contributed by atoms with Gasteiger partial charge in [0, 0.05) is 11.6 Å². The lowest BCUT2D eigenvalue weighted by Crippen LogP contribution is -2.59. The summed E-state index contributed by atoms with van der Waals surface area (Å²) < 4.78 is 5.42. The van der Waals surface area contributed by atoms with Gasteiger partial charge in [-0.1, -0.05) is 29.7 Å². The van der Waals surface area contributed by atoms with Gasteiger partial charge < -0.3 is 20.7 Å². The Balaban J connectivity index is 1.76. The molecule has 0 spiro atoms. The molecule has 1 saturated carbocycles. The van der Waals surface area contributed by atoms with E-state index in [0.29, 0.717) is 31.0 Å². The lowest BCUT2D eigenvalue weighted by molar-refractivity contribution is -0.150. The van der Waals surface area contributed by atoms with Crippen molar-refractivity contribution < 1.29 is 19.1 Å². The van der Waals surface area contributed by atoms with Crippen LogP contribution in [0.5, 0.6) is 0 Å². The van der Waals surface area contributed by atoms with Crippen LogP contribution < -0.4 is 11.1 Å². The normalized spacial score (nSPS) is 21.3. The number of primary amides is 1. The van der Waals surface area contributed by atoms with Crippen LogP contribution in [0.4, 0.5) is 0 Å². The van der Waals surface area contributed by atoms with Crippen LogP contribution >= 0.6 is 11.6 Å². The number of rotatable bonds is 6. The number of benzene rings is 1. The number of hydrogen-bond acceptors (Lipinski definition) is 4. The van der Waals surface area contributed by atoms with Crippen LogP contribution in [-0.2, 0) is 24.5 Å². The second-order valence-corrected chi connectivity index (χ2v) is 7.51. The van der Waals surface area contributed by atoms with Crippen molar-refractivity contribution in [3.8, 4) is 12.3 Å². The first-order valence-corrected chi connectivity index (χ1v) is 9.45. The molecule has 0 bridgehead atoms. The monoisotopic (exact) mass is 403 g/mol. The standard InChI is InChI=1S/C20H22ClN3O4/c1-2-15(11-17(22)25)23-18(26)16-12-28-10-9-24(16)19(27)20(7-8-20)13-3-5-14(21)6-4-13/h1,3-6,15-16H,7-12H2,(H2,22,25)(H,23,26)/t15-,16+/m1/s1. The van der Waals surface area contributed by atoms with E-state index < -0.39 is 29.3 Å². The highest BCUT2D eigenvalue weighted by atomic mass is 35.5. The Kier molecular flexibility index (Phi) is 5.92. The summed E-state index contributed by atoms with van der Waals surface area (Å²) in [6.45, 7) is 0.733. The number of carbonyl (C=O) groups is 3. The minimum Gasteiger partial charge on any atom is -0.377 e. The van der Waals surface area contributed by atoms with Gasteiger partial charge in [-0.3, -0.25) is 14.4 Å². The minimum atomic E-state index is -0.824. The maximum absolute atomic E-state index is 13.4. The van der Waals surface area contributed by atoms with Crippen molar-refractivity contribution in [3.63, 3.8) is 0 Å². The number of morpholine rings is 1. The Hall–Kier alpha value is -2.56. The molecule has 3 rings (SSSR count). The summed E-state index contributed by atoms with van der Waals surface area (Å²) in [6, 6.07) is 5.59. The molecule has 1 saturated heterocycles. The van der Waals surface area contributed by atoms with Gasteiger partial charge in [-0.15, -0.1) is 6.42 Å². The minimum absolute atomic E-state index is 0.0716. The van der Waals surface area contributed by atoms with E-state index in [0.717, 1.165) is 5.56 Å². The highest BCUT2D eigenvalue weighted by Gasteiger charge is 2.54. The number of nitrogens with two attached hydrogens (primary N) is 1. The summed E-state index contributed by atoms with van der Waals surface area (Å²) in [7, 11) is 0. The summed E-state index contributed by atoms with van der Waals surface area (Å²) in [5.74, 6) is 1.16. The van der Waals surface area contributed by atoms with E-state index in [9.17, 15) is 14.4 Å². The Morgan fingerprint density at radius 2 is 2.04 bits per heavy atom. The van der Waals surface area contributed by atoms with Crippen LogP contribution in [0.15, 0.2) is 24.3 Å². The predicted octanol–water partition coefficient (Wildman–Crippen LogP) is 0.592. The highest BCUT2D eigenvalue weighted by molar-refractivity contribution is 6.30. The topological polar surface area (TPSA) is 102 Å². The zero-order valence-corrected chi connectivity index (χ0v) is 16.1. The maximum atomic E-state index is 13.4. The van der Waals surface area contributed by atoms with Crippen molar-refractivity contribution in [1.82, 2.24) is 10.2 Å². The number of amides is 3. The smallest absolute Gasteiger partial charge is 0.246 e. The van der Waals surface area contributed by atoms with Crippen LogP contribution in [0.1, 0.15) is 24.8 Å². The van der Waals surface area contributed by atoms with E-state index in [2.05, 4.69) is 11.2 Å². The van der Waals surface area contributed by atoms with E-state index in [4.69, 9.17) is 28.5 Å². The van der Waals surface area contributed by atoms with Gasteiger partial charge in [0.1, 0.15) is 6.04 Å². The van der Waals surface area contributed by atoms with Crippen molar-refractivity contribution in [2.24, 2.45) is 5.73 Å². The lowest BCUT2D eigenvalue weighted by atomic mass is 9.93. The molecule has 1 aromatic rings. The molecule has 0 radical (unpaired) electrons. The van der Waals surface area contributed by atoms with Crippen molar-refractivity contribution in [2.45, 2.75) is 36.8 Å². The van der Waals surface area contributed by atoms with Gasteiger partial charge in [0.2, 0.25) is 17.7 Å². The van der Waals surface area contributed by atoms with Gasteiger partial charge in [0.25, 0.3) is 0 Å². The fourth-order valence-corrected chi connectivity index (χ4v) is 3.61. The van der Waals surface area contributed by atoms with Crippen molar-refractivity contribution in [1.29, 1.82) is 0 Å². The van der Waals surface area contributed by atoms with Crippen LogP contribution in [0.25, 0.3) is 0 Å². The molecular weight excluding hydrogens is 382 g/mol. The highest BCUT2D eigenvalue weighted by Crippen LogP contribution is 2.50. The lowest BCUT2D eigenvalue weighted by Gasteiger charge is -2.37. The molecule has 1 heterocycles. The van der Waals surface area contributed by atoms with Gasteiger partial charge in [0.05, 0.1) is 31.1 Å². The average molecular weight is 404 g/mol. The average Bonchev–Trinajstić information content (AvgIpc) is 3.49. The first-order chi connectivity index (χ1) is 13.4. The third-order valence-electron chi connectivity index (χ3n) is 5.17. The molecule has 2 aliphatic rings. The third kappa shape index (κ3) is 4.13. The number of ether oxygens (including phenoxy) is 1. The van der Waals surface area contributed by atoms with Crippen LogP contribution in [0.3, 0.4) is 0 Å². The third-order valence-corrected chi connectivity index (χ3v) is 5.42. The van der Waals surface area contributed by atoms with E-state index in [1.807, 2.05) is 12.1 Å². The van der Waals surface area contributed by atoms with Gasteiger partial charge in [0.15, 0.2) is 0 Å². The summed E-state index contributed by atoms with van der Waals surface area (Å²) in [4.78, 5) is 38.8. The SMILES string of the molecule is C#C[C@H](CC(N)=O)NC(=O)[C@@H]1COCCN1C(=O)C1(c2ccc(Cl)cc2)CC1. The second kappa shape index (κ2) is 8.21. The largest absolute Gasteiger partial charge is 0.377 e. The Bertz CT molecular complexity index is 814. The van der Waals surface area contributed by atoms with Crippen molar-refractivity contribution >= 4 is 29.3 Å². The molecule has 1 aromatic carbocycles. The molecule has 7 nitrogen and oxygen atoms in total. The number of carbonyl (C=O) groups excluding carboxylic acids is 3. The molecule has 2 atom stereocenters. The molecule has 1 aliphatic heterocycles. The van der Waals surface area contributed by atoms with Gasteiger partial charge in [-0.05, 0) is 30.5 Å². The molecule has 3 N–H and O–H groups in total. The fraction of sp³-hybridized carbons (Fsp3) is 0.450. The van der Waals surface area contributed by atoms with E-state index in [-0.39, 0.29) is 18.9 Å². The van der Waals surface area contributed by atoms with Gasteiger partial charge >= 0.3 is 0 Å². The zero-order chi connectivity index (χ0) is 20.3. The first-order valence-electron chi connectivity index (χ1n) is 9.07. The molecule has 8 heteroatoms. The number of hydrogen-bond donors (Lipinski definition) is 2. The van der Waals surface area contributed by atoms with Gasteiger partial charge in [-0.2, -0.15) is 0 Å². The molecule has 0 unspecified atom stereocenters. The predicted molar refractivity (Wildman–Crippen MR) is 103 cm³/mol. The van der Waals surface area contributed by atoms with Crippen LogP contribution in [-0.4, -0.2) is 54.5 Å². The molecule has 1 aliphatic carbocycles. The second-order valence-electron chi connectivity index (χ2n) is 7.08. The first kappa shape index (κ1) is 20.2. The molecule has 0 aromatic heterocycles. The summed E-state index contributed by atoms with van der Waals surface area (Å²) in [5.41, 5.74) is 5.42. The molecule has 28 heavy (non-hydrogen) atoms. The van der Waals surface area contributed by atoms with E-state index in [1.54, 1.807) is 17.0 Å². The van der Waals surface area contributed by atoms with E-state index >= 15 is 0 Å². The summed E-state index contributed by atoms with van der Waals surface area (Å²) in [6.07, 6.45) is 6.63. The molecular formula is C20H22ClN3O4. The quantitative estimate of drug-likeness (QED) is 0.679. The molecule has 3 amide bonds. The molecule has 148 valence electrons. The van der Waals surface area contributed by atoms with Gasteiger partial charge in [-0.25, -0.2) is 0 Å². The van der Waals surface area contributed by atoms with Crippen molar-refractivity contribution in [2.75, 3.05) is 19.8 Å². The van der Waals surface area contributed by atoms with Crippen molar-refractivity contribution in [3.05, 3.63) is 34.9 Å². The van der Waals surface area contributed by atoms with E-state index in [1.165, 1.54) is 0 Å². The maximum Gasteiger partial charge on any atom is 0.246 e. The summed E-state index contributed by atoms with van der Waals surface area (Å²) in [5, 5.41) is 3.21. The zero-order valence-electron chi connectivity index (χ0n) is 15.3. The number of nitrogens with zero attached hydrogens (tertiary/aromatic N) is 1. The Labute approximate surface area is 168 Å². The number of nitrogens with one attached hydrogen (secondary N) is 1. The Morgan fingerprint density at radius 3 is 2.61 bits per heavy atom. The number of halogens is 1. The Morgan fingerprint density at radius 1 is 1.36 bits per heavy atom. The fourth-order valence-electron chi connectivity index (χ4n) is 3.48. The molecule has 2 fully saturated rings. The van der Waals surface area contributed by atoms with Crippen LogP contribution in [0.2, 0.25) is 5.02 Å². The van der Waals surface area contributed by atoms with Crippen LogP contribution in [0, 0.1) is 12.3 Å².